The van der Waals surface area contributed by atoms with Crippen LogP contribution in [0, 0.1) is 5.92 Å². The van der Waals surface area contributed by atoms with Crippen molar-refractivity contribution in [1.29, 1.82) is 0 Å². The summed E-state index contributed by atoms with van der Waals surface area (Å²) in [6.07, 6.45) is -1.55. The fourth-order valence-electron chi connectivity index (χ4n) is 2.97. The Morgan fingerprint density at radius 2 is 2.00 bits per heavy atom. The maximum atomic E-state index is 12.4. The van der Waals surface area contributed by atoms with Crippen LogP contribution in [0.25, 0.3) is 0 Å². The van der Waals surface area contributed by atoms with E-state index in [1.165, 1.54) is 19.8 Å². The molecule has 1 saturated carbocycles. The minimum absolute atomic E-state index is 0.211. The molecule has 150 valence electrons. The molecular formula is C19H25F3N2O3. The zero-order valence-electron chi connectivity index (χ0n) is 15.6. The summed E-state index contributed by atoms with van der Waals surface area (Å²) < 4.78 is 41.6. The number of esters is 1. The van der Waals surface area contributed by atoms with Crippen LogP contribution < -0.4 is 5.32 Å². The van der Waals surface area contributed by atoms with Gasteiger partial charge in [-0.15, -0.1) is 0 Å². The number of rotatable bonds is 4. The molecule has 1 aromatic rings. The Bertz CT molecular complexity index is 673. The molecule has 1 heterocycles. The largest absolute Gasteiger partial charge is 0.471 e. The number of amides is 1. The summed E-state index contributed by atoms with van der Waals surface area (Å²) >= 11 is 0. The quantitative estimate of drug-likeness (QED) is 0.805. The van der Waals surface area contributed by atoms with E-state index in [4.69, 9.17) is 0 Å². The van der Waals surface area contributed by atoms with Crippen LogP contribution in [-0.2, 0) is 27.3 Å². The Hall–Kier alpha value is -2.09. The van der Waals surface area contributed by atoms with Gasteiger partial charge in [-0.3, -0.25) is 14.5 Å². The molecule has 0 aromatic heterocycles. The van der Waals surface area contributed by atoms with Crippen molar-refractivity contribution in [3.8, 4) is 0 Å². The fourth-order valence-corrected chi connectivity index (χ4v) is 2.97. The third kappa shape index (κ3) is 6.86. The zero-order chi connectivity index (χ0) is 20.0. The van der Waals surface area contributed by atoms with E-state index in [1.54, 1.807) is 19.1 Å². The van der Waals surface area contributed by atoms with Gasteiger partial charge >= 0.3 is 18.1 Å². The van der Waals surface area contributed by atoms with Gasteiger partial charge in [0.2, 0.25) is 0 Å². The second-order valence-electron chi connectivity index (χ2n) is 6.75. The van der Waals surface area contributed by atoms with Gasteiger partial charge in [-0.1, -0.05) is 12.1 Å². The molecule has 1 fully saturated rings. The number of carbonyl (C=O) groups excluding carboxylic acids is 2. The number of benzene rings is 1. The molecule has 1 aromatic carbocycles. The predicted molar refractivity (Wildman–Crippen MR) is 95.1 cm³/mol. The van der Waals surface area contributed by atoms with Gasteiger partial charge in [0.1, 0.15) is 0 Å². The number of hydrogen-bond acceptors (Lipinski definition) is 4. The van der Waals surface area contributed by atoms with Crippen molar-refractivity contribution in [2.24, 2.45) is 5.92 Å². The maximum Gasteiger partial charge on any atom is 0.471 e. The highest BCUT2D eigenvalue weighted by Gasteiger charge is 2.39. The summed E-state index contributed by atoms with van der Waals surface area (Å²) in [5, 5.41) is 2.01. The van der Waals surface area contributed by atoms with E-state index < -0.39 is 12.1 Å². The molecule has 8 heteroatoms. The molecule has 0 atom stereocenters. The number of hydrogen-bond donors (Lipinski definition) is 1. The molecule has 1 aliphatic heterocycles. The fraction of sp³-hybridized carbons (Fsp3) is 0.579. The molecule has 1 N–H and O–H groups in total. The van der Waals surface area contributed by atoms with Crippen LogP contribution in [0.3, 0.4) is 0 Å². The van der Waals surface area contributed by atoms with E-state index in [9.17, 15) is 22.8 Å². The molecule has 27 heavy (non-hydrogen) atoms. The number of halogens is 3. The van der Waals surface area contributed by atoms with Crippen molar-refractivity contribution in [1.82, 2.24) is 4.90 Å². The minimum Gasteiger partial charge on any atom is -0.466 e. The van der Waals surface area contributed by atoms with Crippen LogP contribution in [0.4, 0.5) is 18.9 Å². The average Bonchev–Trinajstić information content (AvgIpc) is 3.39. The second kappa shape index (κ2) is 9.21. The normalized spacial score (nSPS) is 16.6. The van der Waals surface area contributed by atoms with Crippen molar-refractivity contribution in [2.45, 2.75) is 45.8 Å². The lowest BCUT2D eigenvalue weighted by atomic mass is 9.97. The minimum atomic E-state index is -4.86. The van der Waals surface area contributed by atoms with E-state index >= 15 is 0 Å². The summed E-state index contributed by atoms with van der Waals surface area (Å²) in [6.45, 7) is 6.20. The van der Waals surface area contributed by atoms with Gasteiger partial charge in [0.25, 0.3) is 0 Å². The molecule has 0 unspecified atom stereocenters. The van der Waals surface area contributed by atoms with Crippen molar-refractivity contribution < 1.29 is 27.5 Å². The van der Waals surface area contributed by atoms with Crippen molar-refractivity contribution >= 4 is 17.6 Å². The third-order valence-corrected chi connectivity index (χ3v) is 4.42. The summed E-state index contributed by atoms with van der Waals surface area (Å²) in [5.41, 5.74) is 2.14. The molecule has 1 aliphatic carbocycles. The van der Waals surface area contributed by atoms with Crippen molar-refractivity contribution in [3.63, 3.8) is 0 Å². The number of ether oxygens (including phenoxy) is 1. The van der Waals surface area contributed by atoms with Crippen LogP contribution in [0.5, 0.6) is 0 Å². The topological polar surface area (TPSA) is 58.6 Å². The molecule has 1 amide bonds. The summed E-state index contributed by atoms with van der Waals surface area (Å²) in [7, 11) is 0. The lowest BCUT2D eigenvalue weighted by Gasteiger charge is -2.30. The Labute approximate surface area is 156 Å². The molecule has 2 aliphatic rings. The highest BCUT2D eigenvalue weighted by Crippen LogP contribution is 2.33. The summed E-state index contributed by atoms with van der Waals surface area (Å²) in [4.78, 5) is 23.2. The zero-order valence-corrected chi connectivity index (χ0v) is 15.6. The summed E-state index contributed by atoms with van der Waals surface area (Å²) in [5.74, 6) is -1.38. The van der Waals surface area contributed by atoms with Crippen molar-refractivity contribution in [2.75, 3.05) is 25.0 Å². The first-order valence-corrected chi connectivity index (χ1v) is 9.05. The Morgan fingerprint density at radius 3 is 2.52 bits per heavy atom. The molecule has 0 bridgehead atoms. The Balaban J connectivity index is 0.000000380. The van der Waals surface area contributed by atoms with Gasteiger partial charge in [0, 0.05) is 32.2 Å². The average molecular weight is 386 g/mol. The smallest absolute Gasteiger partial charge is 0.466 e. The van der Waals surface area contributed by atoms with E-state index in [0.717, 1.165) is 36.6 Å². The molecule has 0 spiro atoms. The maximum absolute atomic E-state index is 12.4. The van der Waals surface area contributed by atoms with Gasteiger partial charge in [0.05, 0.1) is 6.61 Å². The standard InChI is InChI=1S/C15H17F3N2O.C4H8O2/c16-15(17,18)14(21)19-13-3-1-2-11-6-7-20(9-12(11)13)8-10-4-5-10;1-3-6-4(2)5/h1-3,10H,4-9H2,(H,19,21);3H2,1-2H3. The monoisotopic (exact) mass is 386 g/mol. The van der Waals surface area contributed by atoms with Gasteiger partial charge in [-0.05, 0) is 49.3 Å². The van der Waals surface area contributed by atoms with E-state index in [1.807, 2.05) is 11.4 Å². The van der Waals surface area contributed by atoms with E-state index in [-0.39, 0.29) is 11.7 Å². The third-order valence-electron chi connectivity index (χ3n) is 4.42. The van der Waals surface area contributed by atoms with Crippen LogP contribution in [-0.4, -0.2) is 42.6 Å². The Morgan fingerprint density at radius 1 is 1.30 bits per heavy atom. The van der Waals surface area contributed by atoms with E-state index in [2.05, 4.69) is 9.64 Å². The number of carbonyl (C=O) groups is 2. The van der Waals surface area contributed by atoms with Crippen molar-refractivity contribution in [3.05, 3.63) is 29.3 Å². The first-order chi connectivity index (χ1) is 12.7. The highest BCUT2D eigenvalue weighted by molar-refractivity contribution is 5.95. The summed E-state index contributed by atoms with van der Waals surface area (Å²) in [6, 6.07) is 5.16. The number of fused-ring (bicyclic) bond motifs is 1. The van der Waals surface area contributed by atoms with Gasteiger partial charge in [-0.2, -0.15) is 13.2 Å². The SMILES string of the molecule is CCOC(C)=O.O=C(Nc1cccc2c1CN(CC1CC1)CC2)C(F)(F)F. The predicted octanol–water partition coefficient (Wildman–Crippen LogP) is 3.52. The first-order valence-electron chi connectivity index (χ1n) is 9.05. The van der Waals surface area contributed by atoms with E-state index in [0.29, 0.717) is 13.2 Å². The van der Waals surface area contributed by atoms with Gasteiger partial charge in [0.15, 0.2) is 0 Å². The molecular weight excluding hydrogens is 361 g/mol. The van der Waals surface area contributed by atoms with Crippen LogP contribution in [0.2, 0.25) is 0 Å². The van der Waals surface area contributed by atoms with Crippen LogP contribution in [0.15, 0.2) is 18.2 Å². The van der Waals surface area contributed by atoms with Gasteiger partial charge in [-0.25, -0.2) is 0 Å². The number of nitrogens with zero attached hydrogens (tertiary/aromatic N) is 1. The highest BCUT2D eigenvalue weighted by atomic mass is 19.4. The lowest BCUT2D eigenvalue weighted by Crippen LogP contribution is -2.34. The number of anilines is 1. The lowest BCUT2D eigenvalue weighted by molar-refractivity contribution is -0.167. The molecule has 5 nitrogen and oxygen atoms in total. The first kappa shape index (κ1) is 21.2. The molecule has 0 saturated heterocycles. The Kier molecular flexibility index (Phi) is 7.24. The van der Waals surface area contributed by atoms with Crippen LogP contribution >= 0.6 is 0 Å². The number of alkyl halides is 3. The molecule has 3 rings (SSSR count). The van der Waals surface area contributed by atoms with Crippen LogP contribution in [0.1, 0.15) is 37.8 Å². The second-order valence-corrected chi connectivity index (χ2v) is 6.75. The molecule has 0 radical (unpaired) electrons. The number of nitrogens with one attached hydrogen (secondary N) is 1. The van der Waals surface area contributed by atoms with Gasteiger partial charge < -0.3 is 10.1 Å².